The molecule has 0 radical (unpaired) electrons. The molecular weight excluding hydrogens is 198 g/mol. The van der Waals surface area contributed by atoms with Gasteiger partial charge in [-0.2, -0.15) is 0 Å². The third-order valence-electron chi connectivity index (χ3n) is 0.966. The Bertz CT molecular complexity index is 49.0. The number of halogens is 1. The van der Waals surface area contributed by atoms with E-state index in [1.165, 1.54) is 0 Å². The Morgan fingerprint density at radius 3 is 1.70 bits per heavy atom. The van der Waals surface area contributed by atoms with Crippen molar-refractivity contribution in [2.24, 2.45) is 0 Å². The molecule has 0 heterocycles. The molecule has 10 heavy (non-hydrogen) atoms. The topological polar surface area (TPSA) is 30.5 Å². The van der Waals surface area contributed by atoms with Gasteiger partial charge in [-0.3, -0.25) is 0 Å². The monoisotopic (exact) mass is 213 g/mol. The van der Waals surface area contributed by atoms with Crippen molar-refractivity contribution in [2.45, 2.75) is 0 Å². The molecule has 0 aliphatic rings. The van der Waals surface area contributed by atoms with E-state index in [9.17, 15) is 0 Å². The second kappa shape index (κ2) is 12.1. The smallest absolute Gasteiger partial charge is 0.0587 e. The Morgan fingerprint density at radius 1 is 1.00 bits per heavy atom. The Balaban J connectivity index is 0. The highest BCUT2D eigenvalue weighted by molar-refractivity contribution is 8.93. The summed E-state index contributed by atoms with van der Waals surface area (Å²) in [6.07, 6.45) is 0. The number of nitrogens with one attached hydrogen (secondary N) is 1. The van der Waals surface area contributed by atoms with E-state index in [2.05, 4.69) is 5.32 Å². The van der Waals surface area contributed by atoms with Gasteiger partial charge in [0.05, 0.1) is 13.2 Å². The summed E-state index contributed by atoms with van der Waals surface area (Å²) >= 11 is 0. The normalized spacial score (nSPS) is 9.00. The average Bonchev–Trinajstić information content (AvgIpc) is 1.89. The van der Waals surface area contributed by atoms with E-state index in [0.29, 0.717) is 0 Å². The lowest BCUT2D eigenvalue weighted by Crippen LogP contribution is -2.23. The highest BCUT2D eigenvalue weighted by Crippen LogP contribution is 1.65. The van der Waals surface area contributed by atoms with Crippen LogP contribution >= 0.6 is 17.0 Å². The Labute approximate surface area is 72.9 Å². The first-order valence-corrected chi connectivity index (χ1v) is 3.10. The van der Waals surface area contributed by atoms with Crippen molar-refractivity contribution >= 4 is 17.0 Å². The van der Waals surface area contributed by atoms with Gasteiger partial charge in [0, 0.05) is 27.3 Å². The summed E-state index contributed by atoms with van der Waals surface area (Å²) in [6.45, 7) is 3.34. The van der Waals surface area contributed by atoms with Crippen LogP contribution in [0.2, 0.25) is 0 Å². The second-order valence-corrected chi connectivity index (χ2v) is 1.74. The number of rotatable bonds is 6. The molecule has 0 aliphatic heterocycles. The van der Waals surface area contributed by atoms with Crippen LogP contribution in [-0.2, 0) is 9.47 Å². The van der Waals surface area contributed by atoms with E-state index in [0.717, 1.165) is 26.3 Å². The Morgan fingerprint density at radius 2 is 1.40 bits per heavy atom. The Hall–Kier alpha value is 0.360. The van der Waals surface area contributed by atoms with Crippen molar-refractivity contribution in [3.63, 3.8) is 0 Å². The van der Waals surface area contributed by atoms with Gasteiger partial charge in [0.1, 0.15) is 0 Å². The highest BCUT2D eigenvalue weighted by Gasteiger charge is 1.83. The standard InChI is InChI=1S/C6H15NO2.BrH/c1-8-5-3-7-4-6-9-2;/h7H,3-6H2,1-2H3;1H. The minimum absolute atomic E-state index is 0. The molecule has 4 heteroatoms. The van der Waals surface area contributed by atoms with Crippen molar-refractivity contribution in [1.82, 2.24) is 5.32 Å². The molecule has 0 saturated carbocycles. The van der Waals surface area contributed by atoms with Gasteiger partial charge >= 0.3 is 0 Å². The van der Waals surface area contributed by atoms with E-state index in [1.807, 2.05) is 0 Å². The van der Waals surface area contributed by atoms with Gasteiger partial charge in [0.2, 0.25) is 0 Å². The summed E-state index contributed by atoms with van der Waals surface area (Å²) < 4.78 is 9.64. The third-order valence-corrected chi connectivity index (χ3v) is 0.966. The zero-order chi connectivity index (χ0) is 6.95. The van der Waals surface area contributed by atoms with Gasteiger partial charge in [-0.25, -0.2) is 0 Å². The maximum absolute atomic E-state index is 4.82. The maximum atomic E-state index is 4.82. The lowest BCUT2D eigenvalue weighted by molar-refractivity contribution is 0.180. The van der Waals surface area contributed by atoms with E-state index in [1.54, 1.807) is 14.2 Å². The van der Waals surface area contributed by atoms with Crippen LogP contribution < -0.4 is 5.32 Å². The molecule has 64 valence electrons. The molecule has 0 fully saturated rings. The van der Waals surface area contributed by atoms with Crippen molar-refractivity contribution in [3.05, 3.63) is 0 Å². The fourth-order valence-electron chi connectivity index (χ4n) is 0.473. The van der Waals surface area contributed by atoms with E-state index in [-0.39, 0.29) is 17.0 Å². The van der Waals surface area contributed by atoms with Gasteiger partial charge in [0.15, 0.2) is 0 Å². The predicted molar refractivity (Wildman–Crippen MR) is 46.9 cm³/mol. The largest absolute Gasteiger partial charge is 0.383 e. The van der Waals surface area contributed by atoms with Crippen LogP contribution in [0.1, 0.15) is 0 Å². The molecule has 0 saturated heterocycles. The Kier molecular flexibility index (Phi) is 15.7. The van der Waals surface area contributed by atoms with Crippen molar-refractivity contribution in [1.29, 1.82) is 0 Å². The summed E-state index contributed by atoms with van der Waals surface area (Å²) in [5.74, 6) is 0. The molecule has 0 unspecified atom stereocenters. The zero-order valence-electron chi connectivity index (χ0n) is 6.55. The molecule has 0 spiro atoms. The van der Waals surface area contributed by atoms with Crippen LogP contribution in [0.25, 0.3) is 0 Å². The number of methoxy groups -OCH3 is 2. The van der Waals surface area contributed by atoms with E-state index >= 15 is 0 Å². The first kappa shape index (κ1) is 13.0. The number of hydrogen-bond acceptors (Lipinski definition) is 3. The van der Waals surface area contributed by atoms with Crippen LogP contribution in [0.5, 0.6) is 0 Å². The summed E-state index contributed by atoms with van der Waals surface area (Å²) in [6, 6.07) is 0. The van der Waals surface area contributed by atoms with Crippen LogP contribution in [-0.4, -0.2) is 40.5 Å². The van der Waals surface area contributed by atoms with Gasteiger partial charge < -0.3 is 14.8 Å². The van der Waals surface area contributed by atoms with Gasteiger partial charge in [-0.05, 0) is 0 Å². The summed E-state index contributed by atoms with van der Waals surface area (Å²) in [5.41, 5.74) is 0. The molecular formula is C6H16BrNO2. The summed E-state index contributed by atoms with van der Waals surface area (Å²) in [5, 5.41) is 3.14. The first-order chi connectivity index (χ1) is 4.41. The molecule has 0 aromatic carbocycles. The first-order valence-electron chi connectivity index (χ1n) is 3.10. The third kappa shape index (κ3) is 11.2. The molecule has 0 aliphatic carbocycles. The highest BCUT2D eigenvalue weighted by atomic mass is 79.9. The maximum Gasteiger partial charge on any atom is 0.0587 e. The van der Waals surface area contributed by atoms with Crippen LogP contribution in [0.3, 0.4) is 0 Å². The van der Waals surface area contributed by atoms with Gasteiger partial charge in [0.25, 0.3) is 0 Å². The fraction of sp³-hybridized carbons (Fsp3) is 1.00. The van der Waals surface area contributed by atoms with Crippen LogP contribution in [0, 0.1) is 0 Å². The molecule has 1 N–H and O–H groups in total. The summed E-state index contributed by atoms with van der Waals surface area (Å²) in [7, 11) is 3.38. The van der Waals surface area contributed by atoms with Gasteiger partial charge in [-0.1, -0.05) is 0 Å². The number of hydrogen-bond donors (Lipinski definition) is 1. The number of ether oxygens (including phenoxy) is 2. The molecule has 0 amide bonds. The minimum Gasteiger partial charge on any atom is -0.383 e. The van der Waals surface area contributed by atoms with Crippen molar-refractivity contribution in [3.8, 4) is 0 Å². The SMILES string of the molecule is Br.COCCNCCOC. The van der Waals surface area contributed by atoms with E-state index in [4.69, 9.17) is 9.47 Å². The second-order valence-electron chi connectivity index (χ2n) is 1.74. The predicted octanol–water partition coefficient (Wildman–Crippen LogP) is 0.447. The average molecular weight is 214 g/mol. The fourth-order valence-corrected chi connectivity index (χ4v) is 0.473. The van der Waals surface area contributed by atoms with Crippen molar-refractivity contribution < 1.29 is 9.47 Å². The molecule has 0 bridgehead atoms. The van der Waals surface area contributed by atoms with E-state index < -0.39 is 0 Å². The van der Waals surface area contributed by atoms with Crippen molar-refractivity contribution in [2.75, 3.05) is 40.5 Å². The lowest BCUT2D eigenvalue weighted by Gasteiger charge is -2.01. The molecule has 0 aromatic heterocycles. The quantitative estimate of drug-likeness (QED) is 0.651. The lowest BCUT2D eigenvalue weighted by atomic mass is 10.6. The van der Waals surface area contributed by atoms with Gasteiger partial charge in [-0.15, -0.1) is 17.0 Å². The molecule has 0 atom stereocenters. The summed E-state index contributed by atoms with van der Waals surface area (Å²) in [4.78, 5) is 0. The molecule has 0 aromatic rings. The molecule has 0 rings (SSSR count). The molecule has 3 nitrogen and oxygen atoms in total. The van der Waals surface area contributed by atoms with Crippen LogP contribution in [0.4, 0.5) is 0 Å². The minimum atomic E-state index is 0. The zero-order valence-corrected chi connectivity index (χ0v) is 8.27. The van der Waals surface area contributed by atoms with Crippen LogP contribution in [0.15, 0.2) is 0 Å².